The fourth-order valence-electron chi connectivity index (χ4n) is 2.04. The van der Waals surface area contributed by atoms with E-state index >= 15 is 0 Å². The van der Waals surface area contributed by atoms with Crippen molar-refractivity contribution in [3.63, 3.8) is 0 Å². The van der Waals surface area contributed by atoms with E-state index in [1.54, 1.807) is 36.0 Å². The van der Waals surface area contributed by atoms with Gasteiger partial charge in [-0.15, -0.1) is 0 Å². The van der Waals surface area contributed by atoms with Gasteiger partial charge in [-0.25, -0.2) is 4.79 Å². The molecule has 2 rings (SSSR count). The van der Waals surface area contributed by atoms with Crippen LogP contribution in [0.4, 0.5) is 10.5 Å². The predicted molar refractivity (Wildman–Crippen MR) is 83.4 cm³/mol. The highest BCUT2D eigenvalue weighted by molar-refractivity contribution is 7.98. The van der Waals surface area contributed by atoms with Crippen molar-refractivity contribution in [2.75, 3.05) is 30.9 Å². The van der Waals surface area contributed by atoms with Crippen molar-refractivity contribution in [1.82, 2.24) is 10.2 Å². The van der Waals surface area contributed by atoms with Crippen molar-refractivity contribution >= 4 is 29.4 Å². The monoisotopic (exact) mass is 309 g/mol. The Labute approximate surface area is 128 Å². The predicted octanol–water partition coefficient (Wildman–Crippen LogP) is 1.32. The summed E-state index contributed by atoms with van der Waals surface area (Å²) in [5, 5.41) is 2.70. The average molecular weight is 309 g/mol. The molecule has 0 radical (unpaired) electrons. The Morgan fingerprint density at radius 2 is 2.05 bits per heavy atom. The molecule has 0 spiro atoms. The maximum absolute atomic E-state index is 12.1. The number of imide groups is 1. The van der Waals surface area contributed by atoms with Gasteiger partial charge in [0, 0.05) is 5.69 Å². The smallest absolute Gasteiger partial charge is 0.324 e. The van der Waals surface area contributed by atoms with Crippen molar-refractivity contribution in [3.05, 3.63) is 24.3 Å². The minimum Gasteiger partial charge on any atom is -0.492 e. The molecular weight excluding hydrogens is 290 g/mol. The van der Waals surface area contributed by atoms with Crippen LogP contribution in [0.2, 0.25) is 0 Å². The number of amides is 3. The molecule has 3 amide bonds. The van der Waals surface area contributed by atoms with Crippen LogP contribution in [-0.4, -0.2) is 48.0 Å². The number of nitrogens with one attached hydrogen (secondary N) is 1. The first-order valence-corrected chi connectivity index (χ1v) is 8.10. The van der Waals surface area contributed by atoms with E-state index in [4.69, 9.17) is 10.5 Å². The normalized spacial score (nSPS) is 18.0. The van der Waals surface area contributed by atoms with Crippen molar-refractivity contribution in [3.8, 4) is 5.75 Å². The number of nitrogens with zero attached hydrogens (tertiary/aromatic N) is 1. The number of benzene rings is 1. The second-order valence-electron chi connectivity index (χ2n) is 4.69. The van der Waals surface area contributed by atoms with Gasteiger partial charge < -0.3 is 15.8 Å². The molecule has 1 aromatic rings. The third-order valence-electron chi connectivity index (χ3n) is 3.18. The molecule has 1 atom stereocenters. The van der Waals surface area contributed by atoms with Gasteiger partial charge in [-0.05, 0) is 42.7 Å². The van der Waals surface area contributed by atoms with E-state index in [-0.39, 0.29) is 25.1 Å². The highest BCUT2D eigenvalue weighted by Crippen LogP contribution is 2.14. The number of hydrogen-bond donors (Lipinski definition) is 2. The van der Waals surface area contributed by atoms with Gasteiger partial charge in [0.25, 0.3) is 5.91 Å². The third kappa shape index (κ3) is 4.04. The Balaban J connectivity index is 1.81. The van der Waals surface area contributed by atoms with Crippen molar-refractivity contribution < 1.29 is 14.3 Å². The van der Waals surface area contributed by atoms with Crippen LogP contribution in [0.25, 0.3) is 0 Å². The van der Waals surface area contributed by atoms with E-state index in [0.29, 0.717) is 17.9 Å². The molecule has 114 valence electrons. The number of rotatable bonds is 7. The van der Waals surface area contributed by atoms with E-state index in [0.717, 1.165) is 5.75 Å². The van der Waals surface area contributed by atoms with Crippen LogP contribution in [0, 0.1) is 0 Å². The van der Waals surface area contributed by atoms with E-state index in [1.807, 2.05) is 6.26 Å². The summed E-state index contributed by atoms with van der Waals surface area (Å²) in [6.07, 6.45) is 2.63. The van der Waals surface area contributed by atoms with Crippen molar-refractivity contribution in [2.24, 2.45) is 0 Å². The fraction of sp³-hybridized carbons (Fsp3) is 0.429. The Morgan fingerprint density at radius 1 is 1.33 bits per heavy atom. The highest BCUT2D eigenvalue weighted by Gasteiger charge is 2.37. The van der Waals surface area contributed by atoms with Crippen LogP contribution >= 0.6 is 11.8 Å². The second-order valence-corrected chi connectivity index (χ2v) is 5.68. The summed E-state index contributed by atoms with van der Waals surface area (Å²) >= 11 is 1.65. The quantitative estimate of drug-likeness (QED) is 0.586. The zero-order chi connectivity index (χ0) is 15.2. The molecule has 1 saturated heterocycles. The molecule has 1 aliphatic heterocycles. The number of carbonyl (C=O) groups is 2. The number of carbonyl (C=O) groups excluding carboxylic acids is 2. The lowest BCUT2D eigenvalue weighted by atomic mass is 10.2. The summed E-state index contributed by atoms with van der Waals surface area (Å²) in [5.41, 5.74) is 6.24. The molecule has 1 unspecified atom stereocenters. The van der Waals surface area contributed by atoms with E-state index in [9.17, 15) is 9.59 Å². The Hall–Kier alpha value is -1.89. The third-order valence-corrected chi connectivity index (χ3v) is 3.83. The van der Waals surface area contributed by atoms with E-state index in [1.165, 1.54) is 4.90 Å². The van der Waals surface area contributed by atoms with Crippen LogP contribution in [0.5, 0.6) is 5.75 Å². The highest BCUT2D eigenvalue weighted by atomic mass is 32.2. The molecule has 1 aromatic carbocycles. The van der Waals surface area contributed by atoms with Gasteiger partial charge in [-0.2, -0.15) is 11.8 Å². The molecule has 21 heavy (non-hydrogen) atoms. The van der Waals surface area contributed by atoms with Gasteiger partial charge in [0.05, 0.1) is 6.54 Å². The van der Waals surface area contributed by atoms with Crippen LogP contribution < -0.4 is 15.8 Å². The van der Waals surface area contributed by atoms with E-state index < -0.39 is 6.04 Å². The number of urea groups is 1. The lowest BCUT2D eigenvalue weighted by molar-refractivity contribution is -0.127. The first kappa shape index (κ1) is 15.5. The molecule has 0 aromatic heterocycles. The van der Waals surface area contributed by atoms with Gasteiger partial charge in [0.1, 0.15) is 18.4 Å². The zero-order valence-corrected chi connectivity index (χ0v) is 12.7. The molecule has 1 fully saturated rings. The summed E-state index contributed by atoms with van der Waals surface area (Å²) < 4.78 is 5.50. The second kappa shape index (κ2) is 7.21. The zero-order valence-electron chi connectivity index (χ0n) is 11.9. The lowest BCUT2D eigenvalue weighted by Gasteiger charge is -2.13. The molecule has 0 bridgehead atoms. The van der Waals surface area contributed by atoms with Gasteiger partial charge in [-0.1, -0.05) is 0 Å². The van der Waals surface area contributed by atoms with Crippen molar-refractivity contribution in [2.45, 2.75) is 12.5 Å². The topological polar surface area (TPSA) is 84.7 Å². The molecule has 1 heterocycles. The first-order chi connectivity index (χ1) is 10.1. The van der Waals surface area contributed by atoms with Gasteiger partial charge >= 0.3 is 6.03 Å². The fourth-order valence-corrected chi connectivity index (χ4v) is 2.51. The minimum absolute atomic E-state index is 0.171. The number of nitrogen functional groups attached to an aromatic ring is 1. The number of ether oxygens (including phenoxy) is 1. The van der Waals surface area contributed by atoms with Crippen LogP contribution in [0.3, 0.4) is 0 Å². The van der Waals surface area contributed by atoms with Crippen molar-refractivity contribution in [1.29, 1.82) is 0 Å². The number of nitrogens with two attached hydrogens (primary N) is 1. The minimum atomic E-state index is -0.401. The Morgan fingerprint density at radius 3 is 2.71 bits per heavy atom. The van der Waals surface area contributed by atoms with Crippen LogP contribution in [0.1, 0.15) is 6.42 Å². The van der Waals surface area contributed by atoms with Crippen LogP contribution in [0.15, 0.2) is 24.3 Å². The summed E-state index contributed by atoms with van der Waals surface area (Å²) in [5.74, 6) is 1.33. The lowest BCUT2D eigenvalue weighted by Crippen LogP contribution is -2.35. The number of anilines is 1. The molecule has 3 N–H and O–H groups in total. The van der Waals surface area contributed by atoms with Gasteiger partial charge in [0.2, 0.25) is 0 Å². The maximum atomic E-state index is 12.1. The van der Waals surface area contributed by atoms with Gasteiger partial charge in [0.15, 0.2) is 0 Å². The molecule has 0 aliphatic carbocycles. The maximum Gasteiger partial charge on any atom is 0.324 e. The first-order valence-electron chi connectivity index (χ1n) is 6.71. The summed E-state index contributed by atoms with van der Waals surface area (Å²) in [6.45, 7) is 0.503. The summed E-state index contributed by atoms with van der Waals surface area (Å²) in [6, 6.07) is 6.24. The Kier molecular flexibility index (Phi) is 5.32. The van der Waals surface area contributed by atoms with E-state index in [2.05, 4.69) is 5.32 Å². The number of thioether (sulfide) groups is 1. The molecule has 7 heteroatoms. The average Bonchev–Trinajstić information content (AvgIpc) is 2.74. The largest absolute Gasteiger partial charge is 0.492 e. The van der Waals surface area contributed by atoms with Gasteiger partial charge in [-0.3, -0.25) is 9.69 Å². The molecule has 1 aliphatic rings. The molecular formula is C14H19N3O3S. The van der Waals surface area contributed by atoms with Crippen LogP contribution in [-0.2, 0) is 4.79 Å². The molecule has 0 saturated carbocycles. The SMILES string of the molecule is CSCCC1NC(=O)N(CCOc2ccc(N)cc2)C1=O. The molecule has 6 nitrogen and oxygen atoms in total. The standard InChI is InChI=1S/C14H19N3O3S/c1-21-9-6-12-13(18)17(14(19)16-12)7-8-20-11-4-2-10(15)3-5-11/h2-5,12H,6-9,15H2,1H3,(H,16,19). The number of hydrogen-bond acceptors (Lipinski definition) is 5. The summed E-state index contributed by atoms with van der Waals surface area (Å²) in [7, 11) is 0. The Bertz CT molecular complexity index is 507. The summed E-state index contributed by atoms with van der Waals surface area (Å²) in [4.78, 5) is 25.0.